The molecule has 3 fully saturated rings. The van der Waals surface area contributed by atoms with Crippen LogP contribution in [0.25, 0.3) is 0 Å². The summed E-state index contributed by atoms with van der Waals surface area (Å²) in [6.07, 6.45) is 3.61. The number of carboxylic acids is 3. The van der Waals surface area contributed by atoms with Crippen molar-refractivity contribution < 1.29 is 43.9 Å². The lowest BCUT2D eigenvalue weighted by Gasteiger charge is -2.29. The summed E-state index contributed by atoms with van der Waals surface area (Å²) in [5, 5.41) is 39.8. The zero-order chi connectivity index (χ0) is 39.5. The summed E-state index contributed by atoms with van der Waals surface area (Å²) in [5.74, 6) is -2.16. The Morgan fingerprint density at radius 2 is 0.875 bits per heavy atom. The highest BCUT2D eigenvalue weighted by Gasteiger charge is 2.34. The normalized spacial score (nSPS) is 22.1. The van der Waals surface area contributed by atoms with Crippen LogP contribution in [0.15, 0.2) is 72.8 Å². The number of carboxylic acid groups (broad SMARTS) is 3. The van der Waals surface area contributed by atoms with Crippen LogP contribution in [0.1, 0.15) is 36.0 Å². The zero-order valence-electron chi connectivity index (χ0n) is 31.9. The molecular weight excluding hydrogens is 716 g/mol. The summed E-state index contributed by atoms with van der Waals surface area (Å²) in [6.45, 7) is 4.49. The molecule has 0 radical (unpaired) electrons. The van der Waals surface area contributed by atoms with Gasteiger partial charge in [0.2, 0.25) is 0 Å². The number of aliphatic carboxylic acids is 3. The molecule has 0 aliphatic carbocycles. The van der Waals surface area contributed by atoms with Gasteiger partial charge < -0.3 is 51.2 Å². The molecule has 3 aromatic carbocycles. The first-order valence-corrected chi connectivity index (χ1v) is 19.8. The first-order chi connectivity index (χ1) is 27.0. The molecule has 3 heterocycles. The van der Waals surface area contributed by atoms with E-state index in [9.17, 15) is 29.7 Å². The average Bonchev–Trinajstić information content (AvgIpc) is 4.02. The Morgan fingerprint density at radius 3 is 1.12 bits per heavy atom. The van der Waals surface area contributed by atoms with E-state index in [-0.39, 0.29) is 37.6 Å². The fraction of sp³-hybridized carbons (Fsp3) is 0.512. The van der Waals surface area contributed by atoms with E-state index in [1.807, 2.05) is 72.8 Å². The van der Waals surface area contributed by atoms with E-state index < -0.39 is 41.2 Å². The number of hydrogen-bond acceptors (Lipinski definition) is 10. The molecule has 0 aromatic heterocycles. The third-order valence-corrected chi connectivity index (χ3v) is 11.6. The number of benzene rings is 3. The fourth-order valence-corrected chi connectivity index (χ4v) is 8.28. The summed E-state index contributed by atoms with van der Waals surface area (Å²) >= 11 is 0. The SMILES string of the molecule is NC(COc1cccc(CC(C(=O)O)C2CCNC2)c1)(COc1cccc(CC(C(=O)O)C2CCNC2)c1)COc1cccc(CC(C(=O)O)C2CCNC2)c1. The van der Waals surface area contributed by atoms with Crippen molar-refractivity contribution in [1.82, 2.24) is 16.0 Å². The number of nitrogens with one attached hydrogen (secondary N) is 3. The monoisotopic (exact) mass is 772 g/mol. The second kappa shape index (κ2) is 19.4. The van der Waals surface area contributed by atoms with Crippen molar-refractivity contribution in [2.75, 3.05) is 59.1 Å². The Kier molecular flexibility index (Phi) is 14.2. The summed E-state index contributed by atoms with van der Waals surface area (Å²) in [6, 6.07) is 22.2. The highest BCUT2D eigenvalue weighted by molar-refractivity contribution is 5.72. The highest BCUT2D eigenvalue weighted by Crippen LogP contribution is 2.29. The molecule has 0 saturated carbocycles. The van der Waals surface area contributed by atoms with Gasteiger partial charge in [-0.15, -0.1) is 0 Å². The van der Waals surface area contributed by atoms with Gasteiger partial charge in [-0.25, -0.2) is 0 Å². The largest absolute Gasteiger partial charge is 0.491 e. The standard InChI is InChI=1S/C43H56N4O9/c44-43(25-54-34-7-1-4-28(16-34)19-37(40(48)49)31-10-13-45-22-31,26-55-35-8-2-5-29(17-35)20-38(41(50)51)32-11-14-46-23-32)27-56-36-9-3-6-30(18-36)21-39(42(52)53)33-12-15-47-24-33/h1-9,16-18,31-33,37-39,45-47H,10-15,19-27,44H2,(H,48,49)(H,50,51)(H,52,53). The van der Waals surface area contributed by atoms with Gasteiger partial charge >= 0.3 is 17.9 Å². The zero-order valence-corrected chi connectivity index (χ0v) is 31.9. The van der Waals surface area contributed by atoms with Gasteiger partial charge in [-0.2, -0.15) is 0 Å². The van der Waals surface area contributed by atoms with Gasteiger partial charge in [0, 0.05) is 0 Å². The minimum absolute atomic E-state index is 0.00369. The summed E-state index contributed by atoms with van der Waals surface area (Å²) < 4.78 is 18.9. The van der Waals surface area contributed by atoms with Gasteiger partial charge in [0.1, 0.15) is 42.6 Å². The van der Waals surface area contributed by atoms with E-state index in [0.29, 0.717) is 56.1 Å². The van der Waals surface area contributed by atoms with Crippen molar-refractivity contribution in [2.45, 2.75) is 44.1 Å². The van der Waals surface area contributed by atoms with Crippen LogP contribution in [-0.4, -0.2) is 97.9 Å². The van der Waals surface area contributed by atoms with E-state index in [1.54, 1.807) is 0 Å². The first-order valence-electron chi connectivity index (χ1n) is 19.8. The first kappa shape index (κ1) is 41.0. The molecule has 6 rings (SSSR count). The van der Waals surface area contributed by atoms with Crippen LogP contribution in [0.4, 0.5) is 0 Å². The number of ether oxygens (including phenoxy) is 3. The van der Waals surface area contributed by atoms with Gasteiger partial charge in [0.15, 0.2) is 0 Å². The number of hydrogen-bond donors (Lipinski definition) is 7. The van der Waals surface area contributed by atoms with Crippen LogP contribution in [0.2, 0.25) is 0 Å². The van der Waals surface area contributed by atoms with Crippen molar-refractivity contribution in [1.29, 1.82) is 0 Å². The maximum Gasteiger partial charge on any atom is 0.307 e. The molecule has 0 spiro atoms. The molecule has 13 heteroatoms. The predicted octanol–water partition coefficient (Wildman–Crippen LogP) is 3.48. The number of nitrogens with two attached hydrogens (primary N) is 1. The van der Waals surface area contributed by atoms with Gasteiger partial charge in [0.05, 0.1) is 17.8 Å². The second-order valence-corrected chi connectivity index (χ2v) is 15.9. The smallest absolute Gasteiger partial charge is 0.307 e. The Morgan fingerprint density at radius 1 is 0.571 bits per heavy atom. The summed E-state index contributed by atoms with van der Waals surface area (Å²) in [7, 11) is 0. The third-order valence-electron chi connectivity index (χ3n) is 11.6. The molecule has 56 heavy (non-hydrogen) atoms. The van der Waals surface area contributed by atoms with Crippen LogP contribution in [0.5, 0.6) is 17.2 Å². The molecule has 0 bridgehead atoms. The Bertz CT molecular complexity index is 1570. The summed E-state index contributed by atoms with van der Waals surface area (Å²) in [4.78, 5) is 36.5. The van der Waals surface area contributed by atoms with E-state index in [4.69, 9.17) is 19.9 Å². The minimum Gasteiger partial charge on any atom is -0.491 e. The lowest BCUT2D eigenvalue weighted by atomic mass is 9.86. The van der Waals surface area contributed by atoms with E-state index in [2.05, 4.69) is 16.0 Å². The van der Waals surface area contributed by atoms with Crippen LogP contribution < -0.4 is 35.9 Å². The fourth-order valence-electron chi connectivity index (χ4n) is 8.28. The van der Waals surface area contributed by atoms with Crippen molar-refractivity contribution >= 4 is 17.9 Å². The molecule has 6 unspecified atom stereocenters. The molecule has 302 valence electrons. The molecule has 3 aromatic rings. The van der Waals surface area contributed by atoms with E-state index in [0.717, 1.165) is 55.6 Å². The summed E-state index contributed by atoms with van der Waals surface area (Å²) in [5.41, 5.74) is 8.42. The van der Waals surface area contributed by atoms with Gasteiger partial charge in [0.25, 0.3) is 0 Å². The van der Waals surface area contributed by atoms with Gasteiger partial charge in [-0.3, -0.25) is 14.4 Å². The van der Waals surface area contributed by atoms with Crippen molar-refractivity contribution in [3.63, 3.8) is 0 Å². The topological polar surface area (TPSA) is 202 Å². The molecule has 3 aliphatic rings. The predicted molar refractivity (Wildman–Crippen MR) is 210 cm³/mol. The second-order valence-electron chi connectivity index (χ2n) is 15.9. The van der Waals surface area contributed by atoms with Crippen LogP contribution in [0, 0.1) is 35.5 Å². The van der Waals surface area contributed by atoms with Gasteiger partial charge in [-0.05, 0) is 149 Å². The van der Waals surface area contributed by atoms with Gasteiger partial charge in [-0.1, -0.05) is 36.4 Å². The molecule has 3 saturated heterocycles. The van der Waals surface area contributed by atoms with Crippen LogP contribution in [-0.2, 0) is 33.6 Å². The molecule has 3 aliphatic heterocycles. The number of carbonyl (C=O) groups is 3. The highest BCUT2D eigenvalue weighted by atomic mass is 16.5. The molecular formula is C43H56N4O9. The molecule has 0 amide bonds. The lowest BCUT2D eigenvalue weighted by molar-refractivity contribution is -0.144. The van der Waals surface area contributed by atoms with Crippen LogP contribution in [0.3, 0.4) is 0 Å². The maximum atomic E-state index is 12.2. The van der Waals surface area contributed by atoms with Crippen molar-refractivity contribution in [2.24, 2.45) is 41.2 Å². The number of rotatable bonds is 21. The quantitative estimate of drug-likeness (QED) is 0.0831. The lowest BCUT2D eigenvalue weighted by Crippen LogP contribution is -2.55. The van der Waals surface area contributed by atoms with E-state index >= 15 is 0 Å². The van der Waals surface area contributed by atoms with E-state index in [1.165, 1.54) is 0 Å². The Labute approximate surface area is 328 Å². The third kappa shape index (κ3) is 11.4. The molecule has 8 N–H and O–H groups in total. The van der Waals surface area contributed by atoms with Crippen LogP contribution >= 0.6 is 0 Å². The maximum absolute atomic E-state index is 12.2. The Hall–Kier alpha value is -4.69. The molecule has 6 atom stereocenters. The molecule has 13 nitrogen and oxygen atoms in total. The van der Waals surface area contributed by atoms with Crippen molar-refractivity contribution in [3.05, 3.63) is 89.5 Å². The average molecular weight is 773 g/mol. The van der Waals surface area contributed by atoms with Crippen molar-refractivity contribution in [3.8, 4) is 17.2 Å². The Balaban J connectivity index is 1.15. The minimum atomic E-state index is -1.18.